The molecule has 1 N–H and O–H groups in total. The number of hydrogen-bond donors (Lipinski definition) is 1. The van der Waals surface area contributed by atoms with Gasteiger partial charge in [-0.15, -0.1) is 0 Å². The fourth-order valence-electron chi connectivity index (χ4n) is 4.65. The Balaban J connectivity index is 1.55. The van der Waals surface area contributed by atoms with Crippen LogP contribution in [0.4, 0.5) is 4.39 Å². The Kier molecular flexibility index (Phi) is 6.84. The van der Waals surface area contributed by atoms with Crippen LogP contribution in [0, 0.1) is 17.2 Å². The minimum Gasteiger partial charge on any atom is -0.465 e. The van der Waals surface area contributed by atoms with Crippen molar-refractivity contribution >= 4 is 5.97 Å². The maximum Gasteiger partial charge on any atom is 0.320 e. The van der Waals surface area contributed by atoms with Gasteiger partial charge in [0.15, 0.2) is 0 Å². The average Bonchev–Trinajstić information content (AvgIpc) is 2.67. The van der Waals surface area contributed by atoms with E-state index in [1.807, 2.05) is 19.1 Å². The molecule has 0 amide bonds. The number of carbonyl (C=O) groups excluding carboxylic acids is 1. The minimum atomic E-state index is -0.190. The van der Waals surface area contributed by atoms with Gasteiger partial charge in [0.25, 0.3) is 0 Å². The lowest BCUT2D eigenvalue weighted by Crippen LogP contribution is -2.54. The number of aliphatic hydroxyl groups excluding tert-OH is 1. The number of hydrogen-bond acceptors (Lipinski definition) is 5. The molecule has 2 aliphatic rings. The Labute approximate surface area is 161 Å². The SMILES string of the molecule is CCOC(=O)CN1CCC2(CCN(Cc3ccccc3F)CC2)C(CO)C1. The van der Waals surface area contributed by atoms with Crippen LogP contribution in [0.2, 0.25) is 0 Å². The van der Waals surface area contributed by atoms with E-state index in [0.717, 1.165) is 51.0 Å². The summed E-state index contributed by atoms with van der Waals surface area (Å²) in [4.78, 5) is 16.2. The Bertz CT molecular complexity index is 632. The van der Waals surface area contributed by atoms with Crippen LogP contribution in [0.3, 0.4) is 0 Å². The molecule has 1 spiro atoms. The number of likely N-dealkylation sites (tertiary alicyclic amines) is 2. The molecule has 2 aliphatic heterocycles. The number of nitrogens with zero attached hydrogens (tertiary/aromatic N) is 2. The van der Waals surface area contributed by atoms with Crippen molar-refractivity contribution in [2.45, 2.75) is 32.7 Å². The molecular weight excluding hydrogens is 347 g/mol. The van der Waals surface area contributed by atoms with Gasteiger partial charge in [-0.3, -0.25) is 14.6 Å². The number of ether oxygens (including phenoxy) is 1. The highest BCUT2D eigenvalue weighted by Gasteiger charge is 2.44. The van der Waals surface area contributed by atoms with Gasteiger partial charge < -0.3 is 9.84 Å². The van der Waals surface area contributed by atoms with Crippen molar-refractivity contribution in [2.24, 2.45) is 11.3 Å². The smallest absolute Gasteiger partial charge is 0.320 e. The van der Waals surface area contributed by atoms with Crippen LogP contribution in [0.25, 0.3) is 0 Å². The Morgan fingerprint density at radius 2 is 1.89 bits per heavy atom. The second-order valence-corrected chi connectivity index (χ2v) is 7.90. The van der Waals surface area contributed by atoms with Gasteiger partial charge in [0.2, 0.25) is 0 Å². The largest absolute Gasteiger partial charge is 0.465 e. The molecule has 1 aromatic rings. The predicted octanol–water partition coefficient (Wildman–Crippen LogP) is 2.29. The summed E-state index contributed by atoms with van der Waals surface area (Å²) in [5, 5.41) is 10.00. The zero-order valence-electron chi connectivity index (χ0n) is 16.2. The number of aliphatic hydroxyl groups is 1. The molecule has 0 saturated carbocycles. The van der Waals surface area contributed by atoms with E-state index in [1.165, 1.54) is 6.07 Å². The van der Waals surface area contributed by atoms with Gasteiger partial charge in [0.1, 0.15) is 5.82 Å². The van der Waals surface area contributed by atoms with E-state index in [4.69, 9.17) is 4.74 Å². The van der Waals surface area contributed by atoms with Crippen LogP contribution in [0.1, 0.15) is 31.7 Å². The van der Waals surface area contributed by atoms with Crippen LogP contribution in [0.5, 0.6) is 0 Å². The van der Waals surface area contributed by atoms with Gasteiger partial charge in [-0.05, 0) is 57.3 Å². The molecule has 3 rings (SSSR count). The summed E-state index contributed by atoms with van der Waals surface area (Å²) in [5.74, 6) is -0.153. The first-order valence-corrected chi connectivity index (χ1v) is 10.0. The fourth-order valence-corrected chi connectivity index (χ4v) is 4.65. The molecule has 5 nitrogen and oxygen atoms in total. The molecule has 0 aliphatic carbocycles. The molecule has 2 fully saturated rings. The van der Waals surface area contributed by atoms with Crippen molar-refractivity contribution in [3.05, 3.63) is 35.6 Å². The van der Waals surface area contributed by atoms with E-state index >= 15 is 0 Å². The van der Waals surface area contributed by atoms with E-state index < -0.39 is 0 Å². The Hall–Kier alpha value is -1.50. The van der Waals surface area contributed by atoms with Gasteiger partial charge in [0, 0.05) is 31.2 Å². The van der Waals surface area contributed by atoms with Gasteiger partial charge >= 0.3 is 5.97 Å². The Morgan fingerprint density at radius 3 is 2.52 bits per heavy atom. The summed E-state index contributed by atoms with van der Waals surface area (Å²) in [6.45, 7) is 6.75. The molecule has 2 saturated heterocycles. The lowest BCUT2D eigenvalue weighted by Gasteiger charge is -2.51. The molecule has 1 aromatic carbocycles. The number of benzene rings is 1. The highest BCUT2D eigenvalue weighted by molar-refractivity contribution is 5.71. The standard InChI is InChI=1S/C21H31FN2O3/c1-2-27-20(26)15-24-12-9-21(18(14-24)16-25)7-10-23(11-8-21)13-17-5-3-4-6-19(17)22/h3-6,18,25H,2,7-16H2,1H3. The van der Waals surface area contributed by atoms with E-state index in [-0.39, 0.29) is 29.7 Å². The quantitative estimate of drug-likeness (QED) is 0.770. The van der Waals surface area contributed by atoms with Gasteiger partial charge in [-0.2, -0.15) is 0 Å². The number of rotatable bonds is 6. The highest BCUT2D eigenvalue weighted by Crippen LogP contribution is 2.45. The van der Waals surface area contributed by atoms with E-state index in [0.29, 0.717) is 19.7 Å². The lowest BCUT2D eigenvalue weighted by molar-refractivity contribution is -0.146. The normalized spacial score (nSPS) is 23.4. The maximum atomic E-state index is 13.9. The molecule has 0 bridgehead atoms. The predicted molar refractivity (Wildman–Crippen MR) is 102 cm³/mol. The van der Waals surface area contributed by atoms with Crippen LogP contribution in [-0.4, -0.2) is 66.8 Å². The van der Waals surface area contributed by atoms with Crippen LogP contribution in [0.15, 0.2) is 24.3 Å². The second-order valence-electron chi connectivity index (χ2n) is 7.90. The second kappa shape index (κ2) is 9.13. The molecule has 1 atom stereocenters. The lowest BCUT2D eigenvalue weighted by atomic mass is 9.64. The zero-order chi connectivity index (χ0) is 19.3. The molecule has 150 valence electrons. The third kappa shape index (κ3) is 4.86. The fraction of sp³-hybridized carbons (Fsp3) is 0.667. The molecule has 6 heteroatoms. The third-order valence-corrected chi connectivity index (χ3v) is 6.35. The molecule has 0 aromatic heterocycles. The minimum absolute atomic E-state index is 0.131. The maximum absolute atomic E-state index is 13.9. The first-order valence-electron chi connectivity index (χ1n) is 10.0. The number of carbonyl (C=O) groups is 1. The third-order valence-electron chi connectivity index (χ3n) is 6.35. The van der Waals surface area contributed by atoms with Crippen LogP contribution >= 0.6 is 0 Å². The first kappa shape index (κ1) is 20.2. The van der Waals surface area contributed by atoms with E-state index in [1.54, 1.807) is 6.07 Å². The molecule has 1 unspecified atom stereocenters. The summed E-state index contributed by atoms with van der Waals surface area (Å²) in [6, 6.07) is 6.97. The monoisotopic (exact) mass is 378 g/mol. The summed E-state index contributed by atoms with van der Waals surface area (Å²) in [5.41, 5.74) is 0.877. The summed E-state index contributed by atoms with van der Waals surface area (Å²) in [6.07, 6.45) is 3.02. The zero-order valence-corrected chi connectivity index (χ0v) is 16.2. The van der Waals surface area contributed by atoms with Crippen LogP contribution in [-0.2, 0) is 16.1 Å². The van der Waals surface area contributed by atoms with Crippen molar-refractivity contribution in [2.75, 3.05) is 45.9 Å². The Morgan fingerprint density at radius 1 is 1.22 bits per heavy atom. The van der Waals surface area contributed by atoms with E-state index in [9.17, 15) is 14.3 Å². The molecular formula is C21H31FN2O3. The van der Waals surface area contributed by atoms with Crippen LogP contribution < -0.4 is 0 Å². The highest BCUT2D eigenvalue weighted by atomic mass is 19.1. The van der Waals surface area contributed by atoms with Gasteiger partial charge in [-0.25, -0.2) is 4.39 Å². The molecule has 27 heavy (non-hydrogen) atoms. The number of halogens is 1. The summed E-state index contributed by atoms with van der Waals surface area (Å²) >= 11 is 0. The van der Waals surface area contributed by atoms with E-state index in [2.05, 4.69) is 9.80 Å². The van der Waals surface area contributed by atoms with Crippen molar-refractivity contribution in [1.29, 1.82) is 0 Å². The number of piperidine rings is 2. The summed E-state index contributed by atoms with van der Waals surface area (Å²) in [7, 11) is 0. The van der Waals surface area contributed by atoms with Gasteiger partial charge in [-0.1, -0.05) is 18.2 Å². The first-order chi connectivity index (χ1) is 13.1. The van der Waals surface area contributed by atoms with Crippen molar-refractivity contribution in [1.82, 2.24) is 9.80 Å². The van der Waals surface area contributed by atoms with Crippen molar-refractivity contribution in [3.63, 3.8) is 0 Å². The van der Waals surface area contributed by atoms with Crippen molar-refractivity contribution < 1.29 is 19.0 Å². The average molecular weight is 378 g/mol. The topological polar surface area (TPSA) is 53.0 Å². The summed E-state index contributed by atoms with van der Waals surface area (Å²) < 4.78 is 19.0. The molecule has 0 radical (unpaired) electrons. The van der Waals surface area contributed by atoms with Crippen molar-refractivity contribution in [3.8, 4) is 0 Å². The van der Waals surface area contributed by atoms with Gasteiger partial charge in [0.05, 0.1) is 13.2 Å². The molecule has 2 heterocycles. The number of esters is 1.